The summed E-state index contributed by atoms with van der Waals surface area (Å²) in [5, 5.41) is 0.655. The minimum atomic E-state index is 0.655. The summed E-state index contributed by atoms with van der Waals surface area (Å²) < 4.78 is 6.20. The monoisotopic (exact) mass is 327 g/mol. The van der Waals surface area contributed by atoms with E-state index >= 15 is 0 Å². The summed E-state index contributed by atoms with van der Waals surface area (Å²) in [6.07, 6.45) is 1.79. The van der Waals surface area contributed by atoms with Crippen molar-refractivity contribution in [1.29, 1.82) is 0 Å². The molecule has 0 unspecified atom stereocenters. The van der Waals surface area contributed by atoms with Crippen molar-refractivity contribution in [2.24, 2.45) is 0 Å². The maximum Gasteiger partial charge on any atom is 0.148 e. The Hall–Kier alpha value is -0.910. The summed E-state index contributed by atoms with van der Waals surface area (Å²) in [5.41, 5.74) is 1.63. The van der Waals surface area contributed by atoms with Crippen molar-refractivity contribution >= 4 is 44.4 Å². The number of ether oxygens (including phenoxy) is 1. The first-order valence-electron chi connectivity index (χ1n) is 5.68. The number of morpholine rings is 1. The summed E-state index contributed by atoms with van der Waals surface area (Å²) in [6.45, 7) is 3.18. The molecule has 1 aromatic heterocycles. The van der Waals surface area contributed by atoms with E-state index in [1.807, 2.05) is 12.1 Å². The average Bonchev–Trinajstić information content (AvgIpc) is 2.39. The van der Waals surface area contributed by atoms with Gasteiger partial charge in [-0.25, -0.2) is 4.98 Å². The first kappa shape index (κ1) is 12.1. The molecule has 2 aromatic rings. The van der Waals surface area contributed by atoms with Crippen molar-refractivity contribution in [3.8, 4) is 0 Å². The van der Waals surface area contributed by atoms with Gasteiger partial charge in [-0.2, -0.15) is 0 Å². The van der Waals surface area contributed by atoms with E-state index in [1.54, 1.807) is 6.20 Å². The van der Waals surface area contributed by atoms with E-state index in [1.165, 1.54) is 0 Å². The lowest BCUT2D eigenvalue weighted by Gasteiger charge is -2.27. The van der Waals surface area contributed by atoms with E-state index in [4.69, 9.17) is 16.3 Å². The molecule has 0 amide bonds. The van der Waals surface area contributed by atoms with Crippen LogP contribution in [0.1, 0.15) is 0 Å². The van der Waals surface area contributed by atoms with E-state index in [0.29, 0.717) is 5.02 Å². The van der Waals surface area contributed by atoms with Gasteiger partial charge in [0.15, 0.2) is 0 Å². The van der Waals surface area contributed by atoms with Crippen LogP contribution in [0, 0.1) is 0 Å². The predicted molar refractivity (Wildman–Crippen MR) is 75.3 cm³/mol. The fourth-order valence-electron chi connectivity index (χ4n) is 1.98. The summed E-state index contributed by atoms with van der Waals surface area (Å²) >= 11 is 9.46. The summed E-state index contributed by atoms with van der Waals surface area (Å²) in [7, 11) is 0. The first-order valence-corrected chi connectivity index (χ1v) is 6.85. The van der Waals surface area contributed by atoms with Crippen LogP contribution in [0.25, 0.3) is 11.0 Å². The Kier molecular flexibility index (Phi) is 3.37. The molecule has 18 heavy (non-hydrogen) atoms. The minimum absolute atomic E-state index is 0.655. The number of rotatable bonds is 1. The molecule has 0 N–H and O–H groups in total. The molecule has 6 heteroatoms. The Labute approximate surface area is 118 Å². The lowest BCUT2D eigenvalue weighted by atomic mass is 10.3. The summed E-state index contributed by atoms with van der Waals surface area (Å²) in [4.78, 5) is 11.2. The Morgan fingerprint density at radius 1 is 1.28 bits per heavy atom. The van der Waals surface area contributed by atoms with Gasteiger partial charge in [0.05, 0.1) is 24.9 Å². The van der Waals surface area contributed by atoms with Crippen LogP contribution in [0.15, 0.2) is 22.8 Å². The number of fused-ring (bicyclic) bond motifs is 1. The molecule has 94 valence electrons. The van der Waals surface area contributed by atoms with Gasteiger partial charge < -0.3 is 9.64 Å². The molecule has 0 aliphatic carbocycles. The molecule has 3 rings (SSSR count). The molecular weight excluding hydrogens is 318 g/mol. The van der Waals surface area contributed by atoms with Crippen molar-refractivity contribution < 1.29 is 4.74 Å². The van der Waals surface area contributed by atoms with Gasteiger partial charge in [-0.15, -0.1) is 0 Å². The van der Waals surface area contributed by atoms with E-state index in [2.05, 4.69) is 30.8 Å². The normalized spacial score (nSPS) is 16.2. The topological polar surface area (TPSA) is 38.2 Å². The molecule has 1 aromatic carbocycles. The van der Waals surface area contributed by atoms with E-state index in [0.717, 1.165) is 47.6 Å². The van der Waals surface area contributed by atoms with Gasteiger partial charge in [0, 0.05) is 22.6 Å². The average molecular weight is 329 g/mol. The number of halogens is 2. The highest BCUT2D eigenvalue weighted by Gasteiger charge is 2.14. The van der Waals surface area contributed by atoms with Gasteiger partial charge in [-0.3, -0.25) is 4.98 Å². The second-order valence-electron chi connectivity index (χ2n) is 4.08. The molecule has 0 bridgehead atoms. The number of anilines is 1. The number of aromatic nitrogens is 2. The molecule has 0 atom stereocenters. The van der Waals surface area contributed by atoms with Crippen LogP contribution >= 0.6 is 27.5 Å². The summed E-state index contributed by atoms with van der Waals surface area (Å²) in [6, 6.07) is 3.65. The Morgan fingerprint density at radius 3 is 2.83 bits per heavy atom. The molecular formula is C12H11BrClN3O. The van der Waals surface area contributed by atoms with Crippen molar-refractivity contribution in [3.63, 3.8) is 0 Å². The quantitative estimate of drug-likeness (QED) is 0.807. The van der Waals surface area contributed by atoms with Gasteiger partial charge in [-0.05, 0) is 28.1 Å². The number of nitrogens with zero attached hydrogens (tertiary/aromatic N) is 3. The lowest BCUT2D eigenvalue weighted by molar-refractivity contribution is 0.122. The second-order valence-corrected chi connectivity index (χ2v) is 5.37. The number of benzene rings is 1. The highest BCUT2D eigenvalue weighted by Crippen LogP contribution is 2.27. The van der Waals surface area contributed by atoms with Crippen LogP contribution in [0.3, 0.4) is 0 Å². The first-order chi connectivity index (χ1) is 8.74. The number of hydrogen-bond donors (Lipinski definition) is 0. The minimum Gasteiger partial charge on any atom is -0.378 e. The van der Waals surface area contributed by atoms with Crippen LogP contribution in [-0.2, 0) is 4.74 Å². The molecule has 1 saturated heterocycles. The Bertz CT molecular complexity index is 587. The second kappa shape index (κ2) is 4.99. The van der Waals surface area contributed by atoms with E-state index in [-0.39, 0.29) is 0 Å². The van der Waals surface area contributed by atoms with Crippen LogP contribution in [0.2, 0.25) is 5.02 Å². The van der Waals surface area contributed by atoms with Gasteiger partial charge in [0.2, 0.25) is 0 Å². The highest BCUT2D eigenvalue weighted by molar-refractivity contribution is 9.10. The molecule has 1 fully saturated rings. The SMILES string of the molecule is Clc1cc(Br)c2nc(N3CCOCC3)cnc2c1. The Morgan fingerprint density at radius 2 is 2.06 bits per heavy atom. The van der Waals surface area contributed by atoms with Crippen LogP contribution in [0.4, 0.5) is 5.82 Å². The maximum atomic E-state index is 5.99. The summed E-state index contributed by atoms with van der Waals surface area (Å²) in [5.74, 6) is 0.883. The third-order valence-electron chi connectivity index (χ3n) is 2.89. The van der Waals surface area contributed by atoms with Crippen LogP contribution in [-0.4, -0.2) is 36.3 Å². The zero-order chi connectivity index (χ0) is 12.5. The van der Waals surface area contributed by atoms with Gasteiger partial charge in [0.25, 0.3) is 0 Å². The van der Waals surface area contributed by atoms with E-state index in [9.17, 15) is 0 Å². The van der Waals surface area contributed by atoms with Crippen LogP contribution in [0.5, 0.6) is 0 Å². The van der Waals surface area contributed by atoms with E-state index < -0.39 is 0 Å². The predicted octanol–water partition coefficient (Wildman–Crippen LogP) is 2.88. The largest absolute Gasteiger partial charge is 0.378 e. The zero-order valence-electron chi connectivity index (χ0n) is 9.57. The standard InChI is InChI=1S/C12H11BrClN3O/c13-9-5-8(14)6-10-12(9)16-11(7-15-10)17-1-3-18-4-2-17/h5-7H,1-4H2. The third kappa shape index (κ3) is 2.30. The fraction of sp³-hybridized carbons (Fsp3) is 0.333. The fourth-order valence-corrected chi connectivity index (χ4v) is 2.86. The van der Waals surface area contributed by atoms with Gasteiger partial charge in [0.1, 0.15) is 11.3 Å². The highest BCUT2D eigenvalue weighted by atomic mass is 79.9. The molecule has 2 heterocycles. The zero-order valence-corrected chi connectivity index (χ0v) is 11.9. The van der Waals surface area contributed by atoms with Crippen molar-refractivity contribution in [3.05, 3.63) is 27.8 Å². The van der Waals surface area contributed by atoms with Gasteiger partial charge >= 0.3 is 0 Å². The van der Waals surface area contributed by atoms with Gasteiger partial charge in [-0.1, -0.05) is 11.6 Å². The molecule has 0 saturated carbocycles. The van der Waals surface area contributed by atoms with Crippen LogP contribution < -0.4 is 4.90 Å². The molecule has 0 spiro atoms. The maximum absolute atomic E-state index is 5.99. The number of hydrogen-bond acceptors (Lipinski definition) is 4. The third-order valence-corrected chi connectivity index (χ3v) is 3.71. The molecule has 1 aliphatic heterocycles. The Balaban J connectivity index is 2.04. The molecule has 0 radical (unpaired) electrons. The van der Waals surface area contributed by atoms with Crippen molar-refractivity contribution in [1.82, 2.24) is 9.97 Å². The lowest BCUT2D eigenvalue weighted by Crippen LogP contribution is -2.36. The smallest absolute Gasteiger partial charge is 0.148 e. The van der Waals surface area contributed by atoms with Crippen molar-refractivity contribution in [2.75, 3.05) is 31.2 Å². The molecule has 4 nitrogen and oxygen atoms in total. The molecule has 1 aliphatic rings. The van der Waals surface area contributed by atoms with Crippen molar-refractivity contribution in [2.45, 2.75) is 0 Å².